The lowest BCUT2D eigenvalue weighted by Gasteiger charge is -2.38. The van der Waals surface area contributed by atoms with Crippen LogP contribution in [0.3, 0.4) is 0 Å². The molecule has 0 radical (unpaired) electrons. The monoisotopic (exact) mass is 373 g/mol. The molecule has 1 aromatic carbocycles. The van der Waals surface area contributed by atoms with Gasteiger partial charge in [0.15, 0.2) is 0 Å². The molecule has 5 heteroatoms. The Labute approximate surface area is 127 Å². The highest BCUT2D eigenvalue weighted by molar-refractivity contribution is 14.1. The van der Waals surface area contributed by atoms with Crippen LogP contribution in [0.15, 0.2) is 29.4 Å². The summed E-state index contributed by atoms with van der Waals surface area (Å²) in [7, 11) is 0. The average Bonchev–Trinajstić information content (AvgIpc) is 2.43. The maximum Gasteiger partial charge on any atom is 0.145 e. The number of likely N-dealkylation sites (tertiary alicyclic amines) is 1. The number of benzene rings is 1. The molecule has 0 saturated carbocycles. The van der Waals surface area contributed by atoms with E-state index in [4.69, 9.17) is 10.9 Å². The quantitative estimate of drug-likeness (QED) is 0.282. The third-order valence-electron chi connectivity index (χ3n) is 4.01. The van der Waals surface area contributed by atoms with Crippen LogP contribution in [-0.4, -0.2) is 29.0 Å². The van der Waals surface area contributed by atoms with Crippen molar-refractivity contribution in [3.8, 4) is 0 Å². The molecule has 1 aliphatic rings. The first-order chi connectivity index (χ1) is 9.03. The molecular formula is C14H20IN3O. The van der Waals surface area contributed by atoms with E-state index in [1.165, 1.54) is 9.13 Å². The van der Waals surface area contributed by atoms with Gasteiger partial charge in [-0.25, -0.2) is 0 Å². The highest BCUT2D eigenvalue weighted by atomic mass is 127. The molecule has 0 atom stereocenters. The molecule has 0 aromatic heterocycles. The Bertz CT molecular complexity index is 450. The van der Waals surface area contributed by atoms with Crippen molar-refractivity contribution in [2.75, 3.05) is 13.1 Å². The van der Waals surface area contributed by atoms with Gasteiger partial charge < -0.3 is 10.9 Å². The lowest BCUT2D eigenvalue weighted by molar-refractivity contribution is 0.153. The van der Waals surface area contributed by atoms with Gasteiger partial charge in [-0.05, 0) is 66.2 Å². The summed E-state index contributed by atoms with van der Waals surface area (Å²) in [4.78, 5) is 2.43. The van der Waals surface area contributed by atoms with Crippen molar-refractivity contribution in [3.63, 3.8) is 0 Å². The molecule has 1 aliphatic heterocycles. The van der Waals surface area contributed by atoms with E-state index >= 15 is 0 Å². The lowest BCUT2D eigenvalue weighted by Crippen LogP contribution is -2.45. The minimum absolute atomic E-state index is 0.155. The number of amidine groups is 1. The second-order valence-electron chi connectivity index (χ2n) is 5.45. The molecule has 0 spiro atoms. The molecule has 1 aromatic rings. The normalized spacial score (nSPS) is 20.4. The molecule has 3 N–H and O–H groups in total. The van der Waals surface area contributed by atoms with Crippen LogP contribution in [0.1, 0.15) is 25.3 Å². The average molecular weight is 373 g/mol. The van der Waals surface area contributed by atoms with Gasteiger partial charge in [0.1, 0.15) is 5.84 Å². The third kappa shape index (κ3) is 3.60. The molecule has 19 heavy (non-hydrogen) atoms. The Kier molecular flexibility index (Phi) is 4.67. The number of hydrogen-bond acceptors (Lipinski definition) is 3. The second kappa shape index (κ2) is 6.09. The maximum absolute atomic E-state index is 8.83. The number of piperidine rings is 1. The Morgan fingerprint density at radius 2 is 1.95 bits per heavy atom. The van der Waals surface area contributed by atoms with E-state index in [0.717, 1.165) is 32.5 Å². The fourth-order valence-corrected chi connectivity index (χ4v) is 2.79. The van der Waals surface area contributed by atoms with Gasteiger partial charge >= 0.3 is 0 Å². The molecule has 0 unspecified atom stereocenters. The van der Waals surface area contributed by atoms with E-state index in [2.05, 4.69) is 63.8 Å². The van der Waals surface area contributed by atoms with E-state index < -0.39 is 0 Å². The molecule has 104 valence electrons. The fraction of sp³-hybridized carbons (Fsp3) is 0.500. The van der Waals surface area contributed by atoms with Crippen molar-refractivity contribution >= 4 is 28.4 Å². The van der Waals surface area contributed by atoms with Gasteiger partial charge in [0, 0.05) is 15.5 Å². The van der Waals surface area contributed by atoms with Crippen molar-refractivity contribution in [1.29, 1.82) is 0 Å². The summed E-state index contributed by atoms with van der Waals surface area (Å²) in [5.41, 5.74) is 6.96. The van der Waals surface area contributed by atoms with Gasteiger partial charge in [0.2, 0.25) is 0 Å². The van der Waals surface area contributed by atoms with E-state index in [1.54, 1.807) is 0 Å². The Morgan fingerprint density at radius 3 is 2.47 bits per heavy atom. The molecule has 0 aliphatic carbocycles. The number of halogens is 1. The summed E-state index contributed by atoms with van der Waals surface area (Å²) in [6.07, 6.45) is 1.88. The van der Waals surface area contributed by atoms with Crippen LogP contribution in [-0.2, 0) is 6.54 Å². The summed E-state index contributed by atoms with van der Waals surface area (Å²) in [5, 5.41) is 12.0. The molecule has 2 rings (SSSR count). The van der Waals surface area contributed by atoms with E-state index in [0.29, 0.717) is 5.84 Å². The second-order valence-corrected chi connectivity index (χ2v) is 6.69. The van der Waals surface area contributed by atoms with E-state index in [1.807, 2.05) is 0 Å². The van der Waals surface area contributed by atoms with Crippen LogP contribution in [0.4, 0.5) is 0 Å². The van der Waals surface area contributed by atoms with Crippen molar-refractivity contribution in [2.45, 2.75) is 26.3 Å². The number of rotatable bonds is 3. The van der Waals surface area contributed by atoms with Gasteiger partial charge in [-0.1, -0.05) is 24.2 Å². The van der Waals surface area contributed by atoms with E-state index in [-0.39, 0.29) is 5.41 Å². The fourth-order valence-electron chi connectivity index (χ4n) is 2.43. The molecule has 0 bridgehead atoms. The first kappa shape index (κ1) is 14.6. The zero-order valence-electron chi connectivity index (χ0n) is 11.1. The van der Waals surface area contributed by atoms with Gasteiger partial charge in [-0.2, -0.15) is 0 Å². The summed E-state index contributed by atoms with van der Waals surface area (Å²) >= 11 is 2.32. The molecule has 0 amide bonds. The maximum atomic E-state index is 8.83. The van der Waals surface area contributed by atoms with Crippen molar-refractivity contribution in [2.24, 2.45) is 16.3 Å². The molecule has 1 saturated heterocycles. The SMILES string of the molecule is CC1(/C(N)=N/O)CCN(Cc2ccc(I)cc2)CC1. The van der Waals surface area contributed by atoms with Crippen molar-refractivity contribution < 1.29 is 5.21 Å². The number of nitrogens with two attached hydrogens (primary N) is 1. The summed E-state index contributed by atoms with van der Waals surface area (Å²) in [6, 6.07) is 8.64. The van der Waals surface area contributed by atoms with Crippen LogP contribution < -0.4 is 5.73 Å². The predicted octanol–water partition coefficient (Wildman–Crippen LogP) is 2.64. The number of nitrogens with zero attached hydrogens (tertiary/aromatic N) is 2. The predicted molar refractivity (Wildman–Crippen MR) is 85.2 cm³/mol. The molecule has 1 heterocycles. The number of oxime groups is 1. The van der Waals surface area contributed by atoms with E-state index in [9.17, 15) is 0 Å². The lowest BCUT2D eigenvalue weighted by atomic mass is 9.79. The minimum Gasteiger partial charge on any atom is -0.409 e. The molecule has 1 fully saturated rings. The third-order valence-corrected chi connectivity index (χ3v) is 4.72. The van der Waals surface area contributed by atoms with Gasteiger partial charge in [-0.15, -0.1) is 0 Å². The minimum atomic E-state index is -0.155. The Morgan fingerprint density at radius 1 is 1.37 bits per heavy atom. The topological polar surface area (TPSA) is 61.9 Å². The zero-order valence-corrected chi connectivity index (χ0v) is 13.3. The first-order valence-electron chi connectivity index (χ1n) is 6.48. The Hall–Kier alpha value is -0.820. The molecule has 4 nitrogen and oxygen atoms in total. The number of hydrogen-bond donors (Lipinski definition) is 2. The van der Waals surface area contributed by atoms with Crippen LogP contribution in [0.5, 0.6) is 0 Å². The Balaban J connectivity index is 1.92. The zero-order chi connectivity index (χ0) is 13.9. The highest BCUT2D eigenvalue weighted by Gasteiger charge is 2.34. The van der Waals surface area contributed by atoms with Crippen molar-refractivity contribution in [3.05, 3.63) is 33.4 Å². The summed E-state index contributed by atoms with van der Waals surface area (Å²) in [6.45, 7) is 5.02. The first-order valence-corrected chi connectivity index (χ1v) is 7.56. The smallest absolute Gasteiger partial charge is 0.145 e. The standard InChI is InChI=1S/C14H20IN3O/c1-14(13(16)17-19)6-8-18(9-7-14)10-11-2-4-12(15)5-3-11/h2-5,19H,6-10H2,1H3,(H2,16,17). The van der Waals surface area contributed by atoms with Crippen LogP contribution in [0.2, 0.25) is 0 Å². The summed E-state index contributed by atoms with van der Waals surface area (Å²) in [5.74, 6) is 0.362. The molecular weight excluding hydrogens is 353 g/mol. The highest BCUT2D eigenvalue weighted by Crippen LogP contribution is 2.31. The van der Waals surface area contributed by atoms with Gasteiger partial charge in [0.05, 0.1) is 0 Å². The van der Waals surface area contributed by atoms with Gasteiger partial charge in [-0.3, -0.25) is 4.90 Å². The van der Waals surface area contributed by atoms with Crippen LogP contribution in [0.25, 0.3) is 0 Å². The van der Waals surface area contributed by atoms with Gasteiger partial charge in [0.25, 0.3) is 0 Å². The largest absolute Gasteiger partial charge is 0.409 e. The van der Waals surface area contributed by atoms with Crippen LogP contribution >= 0.6 is 22.6 Å². The van der Waals surface area contributed by atoms with Crippen molar-refractivity contribution in [1.82, 2.24) is 4.90 Å². The summed E-state index contributed by atoms with van der Waals surface area (Å²) < 4.78 is 1.26. The van der Waals surface area contributed by atoms with Crippen LogP contribution in [0, 0.1) is 8.99 Å².